The maximum atomic E-state index is 12.5. The van der Waals surface area contributed by atoms with Gasteiger partial charge in [-0.3, -0.25) is 4.79 Å². The molecule has 2 nitrogen and oxygen atoms in total. The standard InChI is InChI=1S/C9H9BrFNO/c1-12(9(13)6-10)8-4-2-7(11)3-5-8/h2-5H,6H2,1H3. The Morgan fingerprint density at radius 3 is 2.46 bits per heavy atom. The highest BCUT2D eigenvalue weighted by Gasteiger charge is 2.08. The number of alkyl halides is 1. The zero-order valence-electron chi connectivity index (χ0n) is 7.13. The van der Waals surface area contributed by atoms with Crippen molar-refractivity contribution in [1.29, 1.82) is 0 Å². The molecule has 0 aliphatic heterocycles. The minimum absolute atomic E-state index is 0.0633. The summed E-state index contributed by atoms with van der Waals surface area (Å²) < 4.78 is 12.5. The molecule has 0 aliphatic carbocycles. The zero-order valence-corrected chi connectivity index (χ0v) is 8.71. The highest BCUT2D eigenvalue weighted by molar-refractivity contribution is 9.09. The van der Waals surface area contributed by atoms with Crippen molar-refractivity contribution < 1.29 is 9.18 Å². The van der Waals surface area contributed by atoms with E-state index in [1.807, 2.05) is 0 Å². The van der Waals surface area contributed by atoms with E-state index in [4.69, 9.17) is 0 Å². The van der Waals surface area contributed by atoms with Gasteiger partial charge in [0.25, 0.3) is 0 Å². The molecule has 0 radical (unpaired) electrons. The molecule has 0 aliphatic rings. The van der Waals surface area contributed by atoms with Crippen LogP contribution in [0.4, 0.5) is 10.1 Å². The van der Waals surface area contributed by atoms with Crippen LogP contribution in [0, 0.1) is 5.82 Å². The lowest BCUT2D eigenvalue weighted by molar-refractivity contribution is -0.115. The monoisotopic (exact) mass is 245 g/mol. The van der Waals surface area contributed by atoms with Crippen LogP contribution in [0.25, 0.3) is 0 Å². The van der Waals surface area contributed by atoms with Crippen LogP contribution in [-0.2, 0) is 4.79 Å². The van der Waals surface area contributed by atoms with Crippen molar-refractivity contribution in [2.75, 3.05) is 17.3 Å². The van der Waals surface area contributed by atoms with Crippen molar-refractivity contribution in [3.63, 3.8) is 0 Å². The summed E-state index contributed by atoms with van der Waals surface area (Å²) in [5, 5.41) is 0.265. The normalized spacial score (nSPS) is 9.77. The molecular formula is C9H9BrFNO. The molecule has 1 aromatic rings. The van der Waals surface area contributed by atoms with Gasteiger partial charge in [0, 0.05) is 12.7 Å². The average molecular weight is 246 g/mol. The van der Waals surface area contributed by atoms with E-state index in [2.05, 4.69) is 15.9 Å². The fourth-order valence-electron chi connectivity index (χ4n) is 0.898. The maximum Gasteiger partial charge on any atom is 0.237 e. The number of hydrogen-bond donors (Lipinski definition) is 0. The first-order valence-corrected chi connectivity index (χ1v) is 4.85. The minimum Gasteiger partial charge on any atom is -0.315 e. The van der Waals surface area contributed by atoms with Gasteiger partial charge in [0.05, 0.1) is 5.33 Å². The molecule has 1 amide bonds. The van der Waals surface area contributed by atoms with E-state index in [-0.39, 0.29) is 17.1 Å². The minimum atomic E-state index is -0.302. The molecular weight excluding hydrogens is 237 g/mol. The molecule has 13 heavy (non-hydrogen) atoms. The second-order valence-electron chi connectivity index (χ2n) is 2.56. The number of anilines is 1. The number of halogens is 2. The van der Waals surface area contributed by atoms with Crippen molar-refractivity contribution in [3.05, 3.63) is 30.1 Å². The van der Waals surface area contributed by atoms with Gasteiger partial charge in [0.2, 0.25) is 5.91 Å². The second-order valence-corrected chi connectivity index (χ2v) is 3.12. The third kappa shape index (κ3) is 2.52. The molecule has 1 rings (SSSR count). The predicted octanol–water partition coefficient (Wildman–Crippen LogP) is 2.18. The lowest BCUT2D eigenvalue weighted by atomic mass is 10.3. The number of carbonyl (C=O) groups is 1. The molecule has 0 bridgehead atoms. The van der Waals surface area contributed by atoms with E-state index in [1.54, 1.807) is 19.2 Å². The highest BCUT2D eigenvalue weighted by atomic mass is 79.9. The smallest absolute Gasteiger partial charge is 0.237 e. The molecule has 0 unspecified atom stereocenters. The molecule has 0 saturated carbocycles. The summed E-state index contributed by atoms with van der Waals surface area (Å²) in [6.45, 7) is 0. The topological polar surface area (TPSA) is 20.3 Å². The van der Waals surface area contributed by atoms with Crippen molar-refractivity contribution in [2.45, 2.75) is 0 Å². The van der Waals surface area contributed by atoms with Gasteiger partial charge in [0.15, 0.2) is 0 Å². The lowest BCUT2D eigenvalue weighted by Gasteiger charge is -2.15. The van der Waals surface area contributed by atoms with Crippen LogP contribution in [0.5, 0.6) is 0 Å². The molecule has 0 N–H and O–H groups in total. The number of nitrogens with zero attached hydrogens (tertiary/aromatic N) is 1. The van der Waals surface area contributed by atoms with Crippen LogP contribution in [0.2, 0.25) is 0 Å². The third-order valence-corrected chi connectivity index (χ3v) is 2.18. The summed E-state index contributed by atoms with van der Waals surface area (Å²) in [6.07, 6.45) is 0. The van der Waals surface area contributed by atoms with Gasteiger partial charge in [-0.15, -0.1) is 0 Å². The van der Waals surface area contributed by atoms with E-state index < -0.39 is 0 Å². The number of carbonyl (C=O) groups excluding carboxylic acids is 1. The SMILES string of the molecule is CN(C(=O)CBr)c1ccc(F)cc1. The first kappa shape index (κ1) is 10.2. The Balaban J connectivity index is 2.83. The van der Waals surface area contributed by atoms with Crippen LogP contribution in [0.3, 0.4) is 0 Å². The molecule has 0 spiro atoms. The van der Waals surface area contributed by atoms with Crippen LogP contribution < -0.4 is 4.90 Å². The van der Waals surface area contributed by atoms with Gasteiger partial charge >= 0.3 is 0 Å². The van der Waals surface area contributed by atoms with Gasteiger partial charge in [-0.2, -0.15) is 0 Å². The average Bonchev–Trinajstić information content (AvgIpc) is 2.17. The molecule has 4 heteroatoms. The third-order valence-electron chi connectivity index (χ3n) is 1.70. The van der Waals surface area contributed by atoms with Crippen molar-refractivity contribution >= 4 is 27.5 Å². The molecule has 70 valence electrons. The molecule has 0 atom stereocenters. The van der Waals surface area contributed by atoms with E-state index in [0.717, 1.165) is 0 Å². The van der Waals surface area contributed by atoms with Crippen LogP contribution in [0.15, 0.2) is 24.3 Å². The predicted molar refractivity (Wildman–Crippen MR) is 53.6 cm³/mol. The molecule has 0 heterocycles. The maximum absolute atomic E-state index is 12.5. The van der Waals surface area contributed by atoms with E-state index in [0.29, 0.717) is 5.69 Å². The first-order chi connectivity index (χ1) is 6.15. The van der Waals surface area contributed by atoms with Gasteiger partial charge < -0.3 is 4.90 Å². The van der Waals surface area contributed by atoms with Gasteiger partial charge in [-0.05, 0) is 24.3 Å². The Bertz CT molecular complexity index is 299. The summed E-state index contributed by atoms with van der Waals surface area (Å²) in [6, 6.07) is 5.78. The van der Waals surface area contributed by atoms with Crippen LogP contribution >= 0.6 is 15.9 Å². The molecule has 0 saturated heterocycles. The number of amides is 1. The van der Waals surface area contributed by atoms with E-state index in [1.165, 1.54) is 17.0 Å². The van der Waals surface area contributed by atoms with Crippen molar-refractivity contribution in [1.82, 2.24) is 0 Å². The molecule has 1 aromatic carbocycles. The summed E-state index contributed by atoms with van der Waals surface area (Å²) in [5.74, 6) is -0.366. The van der Waals surface area contributed by atoms with Crippen LogP contribution in [-0.4, -0.2) is 18.3 Å². The Morgan fingerprint density at radius 2 is 2.00 bits per heavy atom. The Kier molecular flexibility index (Phi) is 3.42. The molecule has 0 aromatic heterocycles. The Morgan fingerprint density at radius 1 is 1.46 bits per heavy atom. The molecule has 0 fully saturated rings. The largest absolute Gasteiger partial charge is 0.315 e. The second kappa shape index (κ2) is 4.37. The quantitative estimate of drug-likeness (QED) is 0.732. The summed E-state index contributed by atoms with van der Waals surface area (Å²) in [7, 11) is 1.65. The van der Waals surface area contributed by atoms with Gasteiger partial charge in [0.1, 0.15) is 5.82 Å². The highest BCUT2D eigenvalue weighted by Crippen LogP contribution is 2.13. The Hall–Kier alpha value is -0.900. The van der Waals surface area contributed by atoms with Crippen molar-refractivity contribution in [3.8, 4) is 0 Å². The van der Waals surface area contributed by atoms with Gasteiger partial charge in [-0.1, -0.05) is 15.9 Å². The van der Waals surface area contributed by atoms with Gasteiger partial charge in [-0.25, -0.2) is 4.39 Å². The summed E-state index contributed by atoms with van der Waals surface area (Å²) in [4.78, 5) is 12.6. The van der Waals surface area contributed by atoms with E-state index in [9.17, 15) is 9.18 Å². The van der Waals surface area contributed by atoms with E-state index >= 15 is 0 Å². The zero-order chi connectivity index (χ0) is 9.84. The summed E-state index contributed by atoms with van der Waals surface area (Å²) >= 11 is 3.06. The number of benzene rings is 1. The first-order valence-electron chi connectivity index (χ1n) is 3.73. The lowest BCUT2D eigenvalue weighted by Crippen LogP contribution is -2.26. The number of rotatable bonds is 2. The fraction of sp³-hybridized carbons (Fsp3) is 0.222. The van der Waals surface area contributed by atoms with Crippen LogP contribution in [0.1, 0.15) is 0 Å². The van der Waals surface area contributed by atoms with Crippen molar-refractivity contribution in [2.24, 2.45) is 0 Å². The summed E-state index contributed by atoms with van der Waals surface area (Å²) in [5.41, 5.74) is 0.686. The number of hydrogen-bond acceptors (Lipinski definition) is 1. The fourth-order valence-corrected chi connectivity index (χ4v) is 1.27. The Labute approximate surface area is 84.5 Å².